The number of benzene rings is 3. The van der Waals surface area contributed by atoms with Crippen LogP contribution in [0.15, 0.2) is 91.9 Å². The summed E-state index contributed by atoms with van der Waals surface area (Å²) in [7, 11) is 0. The zero-order valence-electron chi connectivity index (χ0n) is 21.8. The molecule has 4 aromatic rings. The third-order valence-electron chi connectivity index (χ3n) is 9.20. The third kappa shape index (κ3) is 3.22. The SMILES string of the molecule is C=C1C2C(CCc3c(F)cc(F)c(F)c3-c3ccc(-c4ccccc4)c[n+]31)c1cccc3c1C1N(C=CN21)CC3. The Kier molecular flexibility index (Phi) is 5.06. The molecule has 0 bridgehead atoms. The Hall–Kier alpha value is -4.32. The van der Waals surface area contributed by atoms with E-state index in [1.807, 2.05) is 47.2 Å². The minimum absolute atomic E-state index is 0.0133. The highest BCUT2D eigenvalue weighted by atomic mass is 19.2. The number of pyridine rings is 1. The summed E-state index contributed by atoms with van der Waals surface area (Å²) in [4.78, 5) is 4.74. The van der Waals surface area contributed by atoms with E-state index in [2.05, 4.69) is 47.0 Å². The van der Waals surface area contributed by atoms with E-state index in [0.717, 1.165) is 29.8 Å². The molecule has 3 nitrogen and oxygen atoms in total. The van der Waals surface area contributed by atoms with Gasteiger partial charge in [0, 0.05) is 53.7 Å². The first kappa shape index (κ1) is 23.6. The van der Waals surface area contributed by atoms with E-state index < -0.39 is 17.5 Å². The summed E-state index contributed by atoms with van der Waals surface area (Å²) >= 11 is 0. The minimum Gasteiger partial charge on any atom is -0.352 e. The maximum atomic E-state index is 15.7. The normalized spacial score (nSPS) is 22.1. The quantitative estimate of drug-likeness (QED) is 0.193. The second-order valence-corrected chi connectivity index (χ2v) is 11.2. The summed E-state index contributed by atoms with van der Waals surface area (Å²) in [5.74, 6) is -2.94. The maximum absolute atomic E-state index is 15.7. The van der Waals surface area contributed by atoms with Gasteiger partial charge < -0.3 is 9.80 Å². The van der Waals surface area contributed by atoms with Crippen molar-refractivity contribution in [3.05, 3.63) is 132 Å². The topological polar surface area (TPSA) is 10.4 Å². The first-order valence-electron chi connectivity index (χ1n) is 13.8. The molecule has 0 amide bonds. The van der Waals surface area contributed by atoms with Crippen LogP contribution in [0.3, 0.4) is 0 Å². The largest absolute Gasteiger partial charge is 0.352 e. The molecule has 0 saturated carbocycles. The maximum Gasteiger partial charge on any atom is 0.221 e. The molecule has 4 aliphatic heterocycles. The number of rotatable bonds is 1. The van der Waals surface area contributed by atoms with Gasteiger partial charge in [-0.3, -0.25) is 0 Å². The molecular formula is C34H27F3N3+. The number of halogens is 3. The predicted molar refractivity (Wildman–Crippen MR) is 148 cm³/mol. The van der Waals surface area contributed by atoms with Gasteiger partial charge in [-0.15, -0.1) is 0 Å². The fourth-order valence-electron chi connectivity index (χ4n) is 7.42. The van der Waals surface area contributed by atoms with E-state index in [0.29, 0.717) is 18.2 Å². The van der Waals surface area contributed by atoms with Crippen molar-refractivity contribution in [1.82, 2.24) is 9.80 Å². The second kappa shape index (κ2) is 8.59. The molecule has 3 unspecified atom stereocenters. The van der Waals surface area contributed by atoms with E-state index in [4.69, 9.17) is 0 Å². The molecule has 8 rings (SSSR count). The van der Waals surface area contributed by atoms with Gasteiger partial charge in [-0.25, -0.2) is 13.2 Å². The number of hydrogen-bond acceptors (Lipinski definition) is 2. The average Bonchev–Trinajstić information content (AvgIpc) is 3.43. The van der Waals surface area contributed by atoms with Gasteiger partial charge in [0.15, 0.2) is 17.8 Å². The molecule has 0 saturated heterocycles. The van der Waals surface area contributed by atoms with Crippen LogP contribution in [0.25, 0.3) is 28.1 Å². The van der Waals surface area contributed by atoms with Crippen LogP contribution >= 0.6 is 0 Å². The molecule has 5 heterocycles. The van der Waals surface area contributed by atoms with Crippen LogP contribution in [0.4, 0.5) is 13.2 Å². The summed E-state index contributed by atoms with van der Waals surface area (Å²) in [6.07, 6.45) is 8.12. The van der Waals surface area contributed by atoms with Crippen LogP contribution in [0.1, 0.15) is 40.8 Å². The molecule has 1 aromatic heterocycles. The Morgan fingerprint density at radius 3 is 2.55 bits per heavy atom. The zero-order valence-corrected chi connectivity index (χ0v) is 21.8. The van der Waals surface area contributed by atoms with Gasteiger partial charge >= 0.3 is 0 Å². The fraction of sp³-hybridized carbons (Fsp3) is 0.206. The van der Waals surface area contributed by atoms with Crippen molar-refractivity contribution in [3.63, 3.8) is 0 Å². The van der Waals surface area contributed by atoms with Crippen LogP contribution in [0, 0.1) is 17.5 Å². The Morgan fingerprint density at radius 1 is 0.850 bits per heavy atom. The van der Waals surface area contributed by atoms with Crippen LogP contribution < -0.4 is 4.57 Å². The van der Waals surface area contributed by atoms with Gasteiger partial charge in [0.2, 0.25) is 11.4 Å². The summed E-state index contributed by atoms with van der Waals surface area (Å²) < 4.78 is 47.8. The smallest absolute Gasteiger partial charge is 0.221 e. The van der Waals surface area contributed by atoms with Crippen molar-refractivity contribution < 1.29 is 17.7 Å². The zero-order chi connectivity index (χ0) is 27.1. The molecule has 0 spiro atoms. The van der Waals surface area contributed by atoms with Crippen LogP contribution in [0.2, 0.25) is 0 Å². The van der Waals surface area contributed by atoms with E-state index in [-0.39, 0.29) is 35.7 Å². The van der Waals surface area contributed by atoms with Crippen molar-refractivity contribution in [3.8, 4) is 22.4 Å². The van der Waals surface area contributed by atoms with Crippen LogP contribution in [-0.2, 0) is 12.8 Å². The van der Waals surface area contributed by atoms with Crippen molar-refractivity contribution in [1.29, 1.82) is 0 Å². The number of aromatic nitrogens is 1. The van der Waals surface area contributed by atoms with Gasteiger partial charge in [-0.05, 0) is 48.6 Å². The lowest BCUT2D eigenvalue weighted by Gasteiger charge is -2.48. The first-order chi connectivity index (χ1) is 19.5. The van der Waals surface area contributed by atoms with Gasteiger partial charge in [0.1, 0.15) is 18.0 Å². The van der Waals surface area contributed by atoms with Crippen LogP contribution in [0.5, 0.6) is 0 Å². The Balaban J connectivity index is 1.41. The van der Waals surface area contributed by atoms with Gasteiger partial charge in [0.05, 0.1) is 5.56 Å². The first-order valence-corrected chi connectivity index (χ1v) is 13.8. The Labute approximate surface area is 231 Å². The molecule has 0 aliphatic carbocycles. The Morgan fingerprint density at radius 2 is 1.70 bits per heavy atom. The van der Waals surface area contributed by atoms with Gasteiger partial charge in [-0.2, -0.15) is 4.57 Å². The summed E-state index contributed by atoms with van der Waals surface area (Å²) in [5, 5.41) is 0. The van der Waals surface area contributed by atoms with E-state index in [1.165, 1.54) is 16.7 Å². The molecule has 6 heteroatoms. The molecule has 3 aromatic carbocycles. The highest BCUT2D eigenvalue weighted by molar-refractivity contribution is 5.69. The highest BCUT2D eigenvalue weighted by Gasteiger charge is 2.50. The third-order valence-corrected chi connectivity index (χ3v) is 9.20. The van der Waals surface area contributed by atoms with Crippen LogP contribution in [-0.4, -0.2) is 22.4 Å². The molecule has 4 aliphatic rings. The molecule has 0 fully saturated rings. The average molecular weight is 535 g/mol. The van der Waals surface area contributed by atoms with E-state index in [1.54, 1.807) is 6.07 Å². The molecule has 198 valence electrons. The molecule has 3 atom stereocenters. The highest BCUT2D eigenvalue weighted by Crippen LogP contribution is 2.51. The summed E-state index contributed by atoms with van der Waals surface area (Å²) in [5.41, 5.74) is 7.15. The predicted octanol–water partition coefficient (Wildman–Crippen LogP) is 6.95. The van der Waals surface area contributed by atoms with Crippen molar-refractivity contribution in [2.45, 2.75) is 37.4 Å². The molecule has 0 radical (unpaired) electrons. The summed E-state index contributed by atoms with van der Waals surface area (Å²) in [6.45, 7) is 5.55. The fourth-order valence-corrected chi connectivity index (χ4v) is 7.42. The summed E-state index contributed by atoms with van der Waals surface area (Å²) in [6, 6.07) is 20.6. The van der Waals surface area contributed by atoms with Crippen molar-refractivity contribution >= 4 is 5.70 Å². The number of hydrogen-bond donors (Lipinski definition) is 0. The molecule has 40 heavy (non-hydrogen) atoms. The lowest BCUT2D eigenvalue weighted by Crippen LogP contribution is -2.53. The lowest BCUT2D eigenvalue weighted by molar-refractivity contribution is -0.573. The van der Waals surface area contributed by atoms with Crippen molar-refractivity contribution in [2.75, 3.05) is 6.54 Å². The standard InChI is InChI=1S/C34H27F3N3/c1-20-33-25(24-9-5-8-22-14-15-38-16-17-39(33)34(38)30(22)24)11-12-26-27(35)18-28(36)32(37)31(26)29-13-10-23(19-40(20)29)21-6-3-2-4-7-21/h2-10,13,16-19,25,33-34H,1,11-12,14-15H2/q+1. The van der Waals surface area contributed by atoms with E-state index in [9.17, 15) is 4.39 Å². The van der Waals surface area contributed by atoms with Gasteiger partial charge in [0.25, 0.3) is 0 Å². The van der Waals surface area contributed by atoms with E-state index >= 15 is 8.78 Å². The monoisotopic (exact) mass is 534 g/mol. The second-order valence-electron chi connectivity index (χ2n) is 11.2. The minimum atomic E-state index is -1.18. The molecule has 0 N–H and O–H groups in total. The van der Waals surface area contributed by atoms with Gasteiger partial charge in [-0.1, -0.05) is 48.5 Å². The number of fused-ring (bicyclic) bond motifs is 6. The lowest BCUT2D eigenvalue weighted by atomic mass is 9.75. The number of nitrogens with zero attached hydrogens (tertiary/aromatic N) is 3. The van der Waals surface area contributed by atoms with Crippen molar-refractivity contribution in [2.24, 2.45) is 0 Å². The Bertz CT molecular complexity index is 1750. The molecular weight excluding hydrogens is 507 g/mol.